The lowest BCUT2D eigenvalue weighted by molar-refractivity contribution is -0.115. The summed E-state index contributed by atoms with van der Waals surface area (Å²) in [6.07, 6.45) is -0.109. The van der Waals surface area contributed by atoms with Crippen LogP contribution in [0.15, 0.2) is 65.6 Å². The summed E-state index contributed by atoms with van der Waals surface area (Å²) in [5.41, 5.74) is 8.63. The van der Waals surface area contributed by atoms with Gasteiger partial charge in [0.15, 0.2) is 0 Å². The van der Waals surface area contributed by atoms with Crippen molar-refractivity contribution in [1.29, 1.82) is 5.41 Å². The molecule has 168 valence electrons. The van der Waals surface area contributed by atoms with E-state index in [0.717, 1.165) is 5.56 Å². The highest BCUT2D eigenvalue weighted by Crippen LogP contribution is 2.31. The van der Waals surface area contributed by atoms with Gasteiger partial charge in [0.25, 0.3) is 0 Å². The van der Waals surface area contributed by atoms with Crippen LogP contribution in [0.2, 0.25) is 0 Å². The summed E-state index contributed by atoms with van der Waals surface area (Å²) >= 11 is 0. The third-order valence-corrected chi connectivity index (χ3v) is 5.70. The summed E-state index contributed by atoms with van der Waals surface area (Å²) in [4.78, 5) is 12.5. The molecule has 0 saturated heterocycles. The van der Waals surface area contributed by atoms with Crippen molar-refractivity contribution in [3.8, 4) is 16.9 Å². The van der Waals surface area contributed by atoms with Crippen LogP contribution < -0.4 is 16.2 Å². The van der Waals surface area contributed by atoms with Gasteiger partial charge in [0.05, 0.1) is 11.3 Å². The first-order valence-corrected chi connectivity index (χ1v) is 10.8. The molecule has 0 aliphatic rings. The van der Waals surface area contributed by atoms with Crippen molar-refractivity contribution in [2.75, 3.05) is 5.32 Å². The zero-order valence-corrected chi connectivity index (χ0v) is 18.8. The van der Waals surface area contributed by atoms with Crippen LogP contribution in [0.1, 0.15) is 16.7 Å². The maximum atomic E-state index is 12.5. The first-order chi connectivity index (χ1) is 14.6. The number of amides is 1. The molecule has 1 amide bonds. The van der Waals surface area contributed by atoms with Crippen molar-refractivity contribution in [3.63, 3.8) is 0 Å². The molecule has 32 heavy (non-hydrogen) atoms. The highest BCUT2D eigenvalue weighted by Gasteiger charge is 2.16. The molecule has 3 rings (SSSR count). The predicted molar refractivity (Wildman–Crippen MR) is 127 cm³/mol. The van der Waals surface area contributed by atoms with Crippen molar-refractivity contribution in [2.24, 2.45) is 10.9 Å². The number of primary sulfonamides is 1. The number of rotatable bonds is 6. The molecule has 3 aromatic carbocycles. The summed E-state index contributed by atoms with van der Waals surface area (Å²) in [5, 5.41) is 25.5. The normalized spacial score (nSPS) is 10.8. The van der Waals surface area contributed by atoms with E-state index >= 15 is 0 Å². The molecule has 0 radical (unpaired) electrons. The Bertz CT molecular complexity index is 1290. The molecule has 0 fully saturated rings. The number of nitrogens with two attached hydrogens (primary N) is 2. The lowest BCUT2D eigenvalue weighted by Gasteiger charge is -2.13. The third kappa shape index (κ3) is 5.64. The molecule has 0 unspecified atom stereocenters. The molecule has 8 nitrogen and oxygen atoms in total. The molecule has 0 bridgehead atoms. The Kier molecular flexibility index (Phi) is 7.63. The number of nitrogens with one attached hydrogen (secondary N) is 2. The minimum Gasteiger partial charge on any atom is -0.508 e. The number of anilines is 1. The number of aromatic hydroxyl groups is 1. The van der Waals surface area contributed by atoms with E-state index in [4.69, 9.17) is 16.3 Å². The molecule has 0 saturated carbocycles. The van der Waals surface area contributed by atoms with E-state index in [1.54, 1.807) is 43.3 Å². The monoisotopic (exact) mass is 474 g/mol. The fraction of sp³-hybridized carbons (Fsp3) is 0.0909. The van der Waals surface area contributed by atoms with Crippen molar-refractivity contribution in [1.82, 2.24) is 0 Å². The molecule has 0 heterocycles. The van der Waals surface area contributed by atoms with Crippen LogP contribution in [0, 0.1) is 12.3 Å². The number of sulfonamides is 1. The van der Waals surface area contributed by atoms with E-state index in [1.165, 1.54) is 24.3 Å². The highest BCUT2D eigenvalue weighted by molar-refractivity contribution is 7.89. The minimum absolute atomic E-state index is 0. The fourth-order valence-corrected chi connectivity index (χ4v) is 4.01. The molecule has 0 aliphatic carbocycles. The summed E-state index contributed by atoms with van der Waals surface area (Å²) in [6, 6.07) is 15.9. The van der Waals surface area contributed by atoms with E-state index in [2.05, 4.69) is 5.32 Å². The Hall–Kier alpha value is -3.40. The molecule has 3 aromatic rings. The molecular formula is C22H23ClN4O4S. The number of carbonyl (C=O) groups is 1. The number of phenols is 1. The molecule has 0 aliphatic heterocycles. The fourth-order valence-electron chi connectivity index (χ4n) is 3.25. The van der Waals surface area contributed by atoms with Crippen LogP contribution >= 0.6 is 12.4 Å². The van der Waals surface area contributed by atoms with Gasteiger partial charge < -0.3 is 16.2 Å². The second kappa shape index (κ2) is 9.82. The van der Waals surface area contributed by atoms with Gasteiger partial charge in [-0.3, -0.25) is 10.2 Å². The first kappa shape index (κ1) is 24.9. The standard InChI is InChI=1S/C22H22N4O4S.ClH/c1-13-10-16(7-8-17(13)18-4-2-3-5-20(18)31(25,29)30)26-21(28)12-15-11-14(22(23)24)6-9-19(15)27;/h2-11,27H,12H2,1H3,(H3,23,24)(H,26,28)(H2,25,29,30);1H. The Labute approximate surface area is 192 Å². The summed E-state index contributed by atoms with van der Waals surface area (Å²) < 4.78 is 23.8. The zero-order chi connectivity index (χ0) is 22.8. The van der Waals surface area contributed by atoms with Crippen LogP contribution in [0.5, 0.6) is 5.75 Å². The summed E-state index contributed by atoms with van der Waals surface area (Å²) in [5.74, 6) is -0.591. The Balaban J connectivity index is 0.00000363. The summed E-state index contributed by atoms with van der Waals surface area (Å²) in [6.45, 7) is 1.80. The Morgan fingerprint density at radius 1 is 1.06 bits per heavy atom. The lowest BCUT2D eigenvalue weighted by atomic mass is 10.00. The average Bonchev–Trinajstić information content (AvgIpc) is 2.69. The molecule has 0 atom stereocenters. The van der Waals surface area contributed by atoms with E-state index in [1.807, 2.05) is 0 Å². The SMILES string of the molecule is Cc1cc(NC(=O)Cc2cc(C(=N)N)ccc2O)ccc1-c1ccccc1S(N)(=O)=O.Cl. The summed E-state index contributed by atoms with van der Waals surface area (Å²) in [7, 11) is -3.89. The molecular weight excluding hydrogens is 452 g/mol. The van der Waals surface area contributed by atoms with Crippen molar-refractivity contribution >= 4 is 39.9 Å². The first-order valence-electron chi connectivity index (χ1n) is 9.25. The second-order valence-electron chi connectivity index (χ2n) is 7.05. The van der Waals surface area contributed by atoms with Gasteiger partial charge in [-0.15, -0.1) is 12.4 Å². The van der Waals surface area contributed by atoms with Gasteiger partial charge in [-0.2, -0.15) is 0 Å². The van der Waals surface area contributed by atoms with Gasteiger partial charge in [-0.05, 0) is 54.4 Å². The molecule has 10 heteroatoms. The second-order valence-corrected chi connectivity index (χ2v) is 8.58. The molecule has 0 spiro atoms. The van der Waals surface area contributed by atoms with E-state index in [9.17, 15) is 18.3 Å². The number of nitrogen functional groups attached to an aromatic ring is 1. The number of hydrogen-bond acceptors (Lipinski definition) is 5. The maximum Gasteiger partial charge on any atom is 0.238 e. The number of phenolic OH excluding ortho intramolecular Hbond substituents is 1. The van der Waals surface area contributed by atoms with Crippen molar-refractivity contribution in [3.05, 3.63) is 77.4 Å². The van der Waals surface area contributed by atoms with Crippen LogP contribution in [0.3, 0.4) is 0 Å². The zero-order valence-electron chi connectivity index (χ0n) is 17.1. The van der Waals surface area contributed by atoms with Gasteiger partial charge in [0.1, 0.15) is 11.6 Å². The van der Waals surface area contributed by atoms with Gasteiger partial charge >= 0.3 is 0 Å². The van der Waals surface area contributed by atoms with Gasteiger partial charge in [0.2, 0.25) is 15.9 Å². The van der Waals surface area contributed by atoms with E-state index in [0.29, 0.717) is 27.9 Å². The largest absolute Gasteiger partial charge is 0.508 e. The molecule has 0 aromatic heterocycles. The number of aryl methyl sites for hydroxylation is 1. The average molecular weight is 475 g/mol. The number of benzene rings is 3. The highest BCUT2D eigenvalue weighted by atomic mass is 35.5. The predicted octanol–water partition coefficient (Wildman–Crippen LogP) is 2.90. The quantitative estimate of drug-likeness (QED) is 0.274. The third-order valence-electron chi connectivity index (χ3n) is 4.74. The van der Waals surface area contributed by atoms with Gasteiger partial charge in [-0.1, -0.05) is 24.3 Å². The van der Waals surface area contributed by atoms with Crippen LogP contribution in [0.4, 0.5) is 5.69 Å². The number of amidine groups is 1. The topological polar surface area (TPSA) is 159 Å². The van der Waals surface area contributed by atoms with E-state index < -0.39 is 10.0 Å². The van der Waals surface area contributed by atoms with Crippen LogP contribution in [0.25, 0.3) is 11.1 Å². The number of hydrogen-bond donors (Lipinski definition) is 5. The minimum atomic E-state index is -3.89. The number of halogens is 1. The maximum absolute atomic E-state index is 12.5. The molecule has 7 N–H and O–H groups in total. The van der Waals surface area contributed by atoms with Crippen LogP contribution in [-0.2, 0) is 21.2 Å². The van der Waals surface area contributed by atoms with Gasteiger partial charge in [-0.25, -0.2) is 13.6 Å². The Morgan fingerprint density at radius 3 is 2.38 bits per heavy atom. The van der Waals surface area contributed by atoms with Gasteiger partial charge in [0, 0.05) is 22.4 Å². The number of carbonyl (C=O) groups excluding carboxylic acids is 1. The van der Waals surface area contributed by atoms with Crippen molar-refractivity contribution < 1.29 is 18.3 Å². The van der Waals surface area contributed by atoms with Crippen LogP contribution in [-0.4, -0.2) is 25.3 Å². The smallest absolute Gasteiger partial charge is 0.238 e. The Morgan fingerprint density at radius 2 is 1.75 bits per heavy atom. The lowest BCUT2D eigenvalue weighted by Crippen LogP contribution is -2.16. The van der Waals surface area contributed by atoms with Crippen molar-refractivity contribution in [2.45, 2.75) is 18.2 Å². The van der Waals surface area contributed by atoms with E-state index in [-0.39, 0.29) is 41.2 Å².